The third-order valence-corrected chi connectivity index (χ3v) is 5.43. The first kappa shape index (κ1) is 10.5. The summed E-state index contributed by atoms with van der Waals surface area (Å²) < 4.78 is 0. The summed E-state index contributed by atoms with van der Waals surface area (Å²) in [6.45, 7) is 2.19. The number of aryl methyl sites for hydroxylation is 1. The molecule has 18 heavy (non-hydrogen) atoms. The molecule has 1 spiro atoms. The molecule has 0 radical (unpaired) electrons. The summed E-state index contributed by atoms with van der Waals surface area (Å²) in [6.07, 6.45) is 7.41. The second-order valence-corrected chi connectivity index (χ2v) is 6.32. The maximum absolute atomic E-state index is 12.7. The monoisotopic (exact) mass is 238 g/mol. The van der Waals surface area contributed by atoms with Gasteiger partial charge in [-0.05, 0) is 55.2 Å². The molecular formula is C17H18O. The predicted octanol–water partition coefficient (Wildman–Crippen LogP) is 3.39. The molecule has 2 atom stereocenters. The Kier molecular flexibility index (Phi) is 1.96. The Morgan fingerprint density at radius 3 is 2.89 bits per heavy atom. The minimum atomic E-state index is -0.0246. The molecule has 2 unspecified atom stereocenters. The topological polar surface area (TPSA) is 17.1 Å². The van der Waals surface area contributed by atoms with Crippen LogP contribution in [0.4, 0.5) is 0 Å². The maximum Gasteiger partial charge on any atom is 0.144 e. The normalized spacial score (nSPS) is 32.8. The van der Waals surface area contributed by atoms with Crippen molar-refractivity contribution in [1.29, 1.82) is 0 Å². The predicted molar refractivity (Wildman–Crippen MR) is 71.5 cm³/mol. The zero-order valence-corrected chi connectivity index (χ0v) is 10.8. The van der Waals surface area contributed by atoms with Crippen LogP contribution in [0.2, 0.25) is 0 Å². The number of carbonyl (C=O) groups excluding carboxylic acids is 1. The van der Waals surface area contributed by atoms with Crippen LogP contribution in [0.5, 0.6) is 0 Å². The number of benzene rings is 1. The third kappa shape index (κ3) is 1.20. The molecule has 0 amide bonds. The lowest BCUT2D eigenvalue weighted by Gasteiger charge is -2.39. The Morgan fingerprint density at radius 2 is 2.17 bits per heavy atom. The van der Waals surface area contributed by atoms with Crippen molar-refractivity contribution in [3.05, 3.63) is 46.5 Å². The molecule has 0 aromatic heterocycles. The van der Waals surface area contributed by atoms with Crippen molar-refractivity contribution in [1.82, 2.24) is 0 Å². The summed E-state index contributed by atoms with van der Waals surface area (Å²) in [5, 5.41) is 0. The molecule has 1 saturated carbocycles. The van der Waals surface area contributed by atoms with E-state index in [1.165, 1.54) is 23.1 Å². The molecule has 1 nitrogen and oxygen atoms in total. The van der Waals surface area contributed by atoms with Gasteiger partial charge in [-0.25, -0.2) is 0 Å². The van der Waals surface area contributed by atoms with Gasteiger partial charge < -0.3 is 0 Å². The highest BCUT2D eigenvalue weighted by Crippen LogP contribution is 2.57. The highest BCUT2D eigenvalue weighted by atomic mass is 16.1. The van der Waals surface area contributed by atoms with Crippen molar-refractivity contribution < 1.29 is 4.79 Å². The largest absolute Gasteiger partial charge is 0.299 e. The Labute approximate surface area is 108 Å². The number of ketones is 1. The second kappa shape index (κ2) is 3.34. The molecule has 2 bridgehead atoms. The van der Waals surface area contributed by atoms with E-state index in [2.05, 4.69) is 31.2 Å². The lowest BCUT2D eigenvalue weighted by molar-refractivity contribution is -0.131. The van der Waals surface area contributed by atoms with Crippen LogP contribution in [-0.4, -0.2) is 5.78 Å². The van der Waals surface area contributed by atoms with E-state index in [1.807, 2.05) is 0 Å². The van der Waals surface area contributed by atoms with E-state index in [9.17, 15) is 4.79 Å². The fraction of sp³-hybridized carbons (Fsp3) is 0.471. The summed E-state index contributed by atoms with van der Waals surface area (Å²) in [7, 11) is 0. The number of Topliss-reactive ketones (excluding diaryl/α,β-unsaturated/α-hetero) is 1. The number of fused-ring (bicyclic) bond motifs is 4. The van der Waals surface area contributed by atoms with E-state index >= 15 is 0 Å². The average molecular weight is 238 g/mol. The minimum absolute atomic E-state index is 0.0246. The highest BCUT2D eigenvalue weighted by molar-refractivity contribution is 5.90. The van der Waals surface area contributed by atoms with Crippen LogP contribution < -0.4 is 0 Å². The van der Waals surface area contributed by atoms with E-state index in [-0.39, 0.29) is 5.41 Å². The second-order valence-electron chi connectivity index (χ2n) is 6.32. The van der Waals surface area contributed by atoms with Gasteiger partial charge in [-0.15, -0.1) is 0 Å². The van der Waals surface area contributed by atoms with E-state index in [0.29, 0.717) is 18.1 Å². The highest BCUT2D eigenvalue weighted by Gasteiger charge is 2.53. The van der Waals surface area contributed by atoms with Crippen molar-refractivity contribution >= 4 is 5.78 Å². The summed E-state index contributed by atoms with van der Waals surface area (Å²) in [6, 6.07) is 6.41. The molecule has 3 aliphatic carbocycles. The zero-order valence-electron chi connectivity index (χ0n) is 10.8. The van der Waals surface area contributed by atoms with Crippen LogP contribution in [0.1, 0.15) is 36.0 Å². The molecule has 3 aliphatic rings. The minimum Gasteiger partial charge on any atom is -0.299 e. The van der Waals surface area contributed by atoms with Crippen molar-refractivity contribution in [2.24, 2.45) is 11.3 Å². The van der Waals surface area contributed by atoms with E-state index in [4.69, 9.17) is 0 Å². The fourth-order valence-electron chi connectivity index (χ4n) is 4.38. The molecule has 0 aliphatic heterocycles. The van der Waals surface area contributed by atoms with E-state index in [1.54, 1.807) is 5.57 Å². The van der Waals surface area contributed by atoms with Gasteiger partial charge in [0, 0.05) is 11.8 Å². The Bertz CT molecular complexity index is 581. The number of carbonyl (C=O) groups is 1. The lowest BCUT2D eigenvalue weighted by atomic mass is 9.62. The maximum atomic E-state index is 12.7. The molecule has 0 saturated heterocycles. The standard InChI is InChI=1S/C17H18O/c1-11-3-2-4-13-8-16(18)17(10-15(11)13)9-12-5-6-14(17)7-12/h2-5,14H,6-10H2,1H3. The first-order valence-electron chi connectivity index (χ1n) is 6.98. The molecule has 1 heteroatoms. The molecule has 92 valence electrons. The van der Waals surface area contributed by atoms with Gasteiger partial charge in [0.05, 0.1) is 0 Å². The molecule has 0 N–H and O–H groups in total. The molecule has 4 rings (SSSR count). The SMILES string of the molecule is Cc1cccc2c1CC1(CC3=CCC1C3)C(=O)C2. The van der Waals surface area contributed by atoms with Gasteiger partial charge in [0.1, 0.15) is 5.78 Å². The first-order chi connectivity index (χ1) is 8.69. The van der Waals surface area contributed by atoms with E-state index in [0.717, 1.165) is 19.3 Å². The number of hydrogen-bond donors (Lipinski definition) is 0. The zero-order chi connectivity index (χ0) is 12.3. The van der Waals surface area contributed by atoms with Gasteiger partial charge in [-0.3, -0.25) is 4.79 Å². The number of rotatable bonds is 0. The number of hydrogen-bond acceptors (Lipinski definition) is 1. The smallest absolute Gasteiger partial charge is 0.144 e. The third-order valence-electron chi connectivity index (χ3n) is 5.43. The van der Waals surface area contributed by atoms with Gasteiger partial charge in [0.25, 0.3) is 0 Å². The molecule has 1 aromatic carbocycles. The summed E-state index contributed by atoms with van der Waals surface area (Å²) >= 11 is 0. The molecule has 0 heterocycles. The molecular weight excluding hydrogens is 220 g/mol. The summed E-state index contributed by atoms with van der Waals surface area (Å²) in [5.41, 5.74) is 5.64. The summed E-state index contributed by atoms with van der Waals surface area (Å²) in [5.74, 6) is 1.11. The van der Waals surface area contributed by atoms with Crippen molar-refractivity contribution in [3.8, 4) is 0 Å². The first-order valence-corrected chi connectivity index (χ1v) is 6.98. The van der Waals surface area contributed by atoms with Crippen molar-refractivity contribution in [3.63, 3.8) is 0 Å². The van der Waals surface area contributed by atoms with Crippen molar-refractivity contribution in [2.75, 3.05) is 0 Å². The average Bonchev–Trinajstić information content (AvgIpc) is 2.93. The van der Waals surface area contributed by atoms with Gasteiger partial charge in [-0.2, -0.15) is 0 Å². The van der Waals surface area contributed by atoms with Gasteiger partial charge in [-0.1, -0.05) is 29.8 Å². The van der Waals surface area contributed by atoms with E-state index < -0.39 is 0 Å². The van der Waals surface area contributed by atoms with Crippen LogP contribution in [0.3, 0.4) is 0 Å². The Hall–Kier alpha value is -1.37. The van der Waals surface area contributed by atoms with Crippen LogP contribution in [0.15, 0.2) is 29.8 Å². The van der Waals surface area contributed by atoms with Crippen LogP contribution >= 0.6 is 0 Å². The summed E-state index contributed by atoms with van der Waals surface area (Å²) in [4.78, 5) is 12.7. The van der Waals surface area contributed by atoms with Gasteiger partial charge in [0.15, 0.2) is 0 Å². The van der Waals surface area contributed by atoms with Crippen molar-refractivity contribution in [2.45, 2.75) is 39.0 Å². The quantitative estimate of drug-likeness (QED) is 0.633. The Balaban J connectivity index is 1.83. The van der Waals surface area contributed by atoms with Crippen LogP contribution in [0.25, 0.3) is 0 Å². The van der Waals surface area contributed by atoms with Crippen LogP contribution in [-0.2, 0) is 17.6 Å². The van der Waals surface area contributed by atoms with Crippen LogP contribution in [0, 0.1) is 18.3 Å². The lowest BCUT2D eigenvalue weighted by Crippen LogP contribution is -2.42. The fourth-order valence-corrected chi connectivity index (χ4v) is 4.38. The Morgan fingerprint density at radius 1 is 1.28 bits per heavy atom. The van der Waals surface area contributed by atoms with Gasteiger partial charge in [0.2, 0.25) is 0 Å². The molecule has 1 aromatic rings. The molecule has 1 fully saturated rings. The van der Waals surface area contributed by atoms with Gasteiger partial charge >= 0.3 is 0 Å². The number of allylic oxidation sites excluding steroid dienone is 2.